The highest BCUT2D eigenvalue weighted by Crippen LogP contribution is 2.58. The average molecular weight is 597 g/mol. The second-order valence-electron chi connectivity index (χ2n) is 12.2. The van der Waals surface area contributed by atoms with Crippen LogP contribution in [0.3, 0.4) is 0 Å². The fourth-order valence-corrected chi connectivity index (χ4v) is 7.70. The minimum absolute atomic E-state index is 0.0991. The topological polar surface area (TPSA) is 121 Å². The smallest absolute Gasteiger partial charge is 0.250 e. The van der Waals surface area contributed by atoms with Crippen molar-refractivity contribution in [1.82, 2.24) is 29.7 Å². The number of ether oxygens (including phenoxy) is 1. The van der Waals surface area contributed by atoms with Crippen LogP contribution in [0.25, 0.3) is 11.0 Å². The Morgan fingerprint density at radius 2 is 1.66 bits per heavy atom. The maximum Gasteiger partial charge on any atom is 0.250 e. The van der Waals surface area contributed by atoms with E-state index in [4.69, 9.17) is 4.74 Å². The van der Waals surface area contributed by atoms with E-state index in [9.17, 15) is 19.5 Å². The van der Waals surface area contributed by atoms with Gasteiger partial charge >= 0.3 is 0 Å². The first-order valence-corrected chi connectivity index (χ1v) is 15.2. The number of carbonyl (C=O) groups is 3. The number of aliphatic hydroxyl groups excluding tert-OH is 1. The van der Waals surface area contributed by atoms with Gasteiger partial charge in [0.15, 0.2) is 0 Å². The molecule has 2 fully saturated rings. The highest BCUT2D eigenvalue weighted by atomic mass is 16.5. The lowest BCUT2D eigenvalue weighted by Gasteiger charge is -2.40. The summed E-state index contributed by atoms with van der Waals surface area (Å²) >= 11 is 0. The van der Waals surface area contributed by atoms with E-state index in [0.717, 1.165) is 11.9 Å². The van der Waals surface area contributed by atoms with E-state index >= 15 is 0 Å². The quantitative estimate of drug-likeness (QED) is 0.416. The Morgan fingerprint density at radius 1 is 0.932 bits per heavy atom. The standard InChI is InChI=1S/C33H36N6O5/c1-3-17-36-18-9-15-32(2)26(29(36)41)27-30(42)39(25(20-40)22-11-5-4-6-12-22)28-31(43)37(19-10-16-33(27,28)44-32)21-38-24-14-8-7-13-23(24)34-35-38/h4-16,25-28,40H,3,17-21H2,1-2H3/t25-,26+,27+,28?,32-,33+/m1/s1. The van der Waals surface area contributed by atoms with E-state index in [0.29, 0.717) is 24.2 Å². The molecule has 1 spiro atoms. The Kier molecular flexibility index (Phi) is 6.89. The highest BCUT2D eigenvalue weighted by molar-refractivity contribution is 6.00. The molecule has 4 aliphatic rings. The van der Waals surface area contributed by atoms with Gasteiger partial charge in [-0.25, -0.2) is 4.68 Å². The summed E-state index contributed by atoms with van der Waals surface area (Å²) in [5, 5.41) is 19.3. The summed E-state index contributed by atoms with van der Waals surface area (Å²) < 4.78 is 8.59. The minimum Gasteiger partial charge on any atom is -0.394 e. The van der Waals surface area contributed by atoms with Crippen molar-refractivity contribution in [3.8, 4) is 0 Å². The number of amides is 3. The fourth-order valence-electron chi connectivity index (χ4n) is 7.70. The number of hydrogen-bond donors (Lipinski definition) is 1. The van der Waals surface area contributed by atoms with Gasteiger partial charge in [-0.3, -0.25) is 14.4 Å². The molecule has 11 heteroatoms. The Balaban J connectivity index is 1.36. The van der Waals surface area contributed by atoms with Crippen molar-refractivity contribution in [2.45, 2.75) is 50.2 Å². The molecular formula is C33H36N6O5. The van der Waals surface area contributed by atoms with E-state index in [1.54, 1.807) is 14.5 Å². The van der Waals surface area contributed by atoms with Crippen LogP contribution in [0.2, 0.25) is 0 Å². The summed E-state index contributed by atoms with van der Waals surface area (Å²) in [6.45, 7) is 4.77. The molecule has 0 radical (unpaired) electrons. The Morgan fingerprint density at radius 3 is 2.43 bits per heavy atom. The molecule has 0 saturated carbocycles. The number of nitrogens with zero attached hydrogens (tertiary/aromatic N) is 6. The van der Waals surface area contributed by atoms with Gasteiger partial charge in [-0.1, -0.05) is 78.9 Å². The SMILES string of the molecule is CCCN1CC=C[C@@]2(C)O[C@]34C=CCN(Cn5nnc6ccccc65)C(=O)C3N([C@H](CO)c3ccccc3)C(=O)[C@@H]4[C@H]2C1=O. The van der Waals surface area contributed by atoms with Crippen molar-refractivity contribution in [1.29, 1.82) is 0 Å². The van der Waals surface area contributed by atoms with E-state index < -0.39 is 41.7 Å². The third-order valence-corrected chi connectivity index (χ3v) is 9.57. The fraction of sp³-hybridized carbons (Fsp3) is 0.424. The second-order valence-corrected chi connectivity index (χ2v) is 12.2. The van der Waals surface area contributed by atoms with Gasteiger partial charge in [-0.15, -0.1) is 5.10 Å². The van der Waals surface area contributed by atoms with Gasteiger partial charge in [0.25, 0.3) is 5.91 Å². The maximum atomic E-state index is 14.8. The monoisotopic (exact) mass is 596 g/mol. The maximum absolute atomic E-state index is 14.8. The van der Waals surface area contributed by atoms with Crippen LogP contribution in [0.1, 0.15) is 31.9 Å². The molecule has 44 heavy (non-hydrogen) atoms. The van der Waals surface area contributed by atoms with E-state index in [1.165, 1.54) is 4.90 Å². The van der Waals surface area contributed by atoms with Gasteiger partial charge in [0.05, 0.1) is 35.6 Å². The van der Waals surface area contributed by atoms with Crippen LogP contribution < -0.4 is 0 Å². The third-order valence-electron chi connectivity index (χ3n) is 9.57. The number of benzene rings is 2. The van der Waals surface area contributed by atoms with Crippen molar-refractivity contribution in [3.63, 3.8) is 0 Å². The first-order valence-electron chi connectivity index (χ1n) is 15.2. The number of rotatable bonds is 7. The first-order chi connectivity index (χ1) is 21.3. The van der Waals surface area contributed by atoms with Crippen molar-refractivity contribution < 1.29 is 24.2 Å². The van der Waals surface area contributed by atoms with Gasteiger partial charge < -0.3 is 24.5 Å². The molecule has 2 aromatic carbocycles. The Bertz CT molecular complexity index is 1670. The Hall–Kier alpha value is -4.35. The highest BCUT2D eigenvalue weighted by Gasteiger charge is 2.75. The number of carbonyl (C=O) groups excluding carboxylic acids is 3. The molecule has 7 rings (SSSR count). The lowest BCUT2D eigenvalue weighted by atomic mass is 9.74. The molecule has 0 aliphatic carbocycles. The minimum atomic E-state index is -1.43. The van der Waals surface area contributed by atoms with Gasteiger partial charge in [-0.2, -0.15) is 0 Å². The summed E-state index contributed by atoms with van der Waals surface area (Å²) in [6, 6.07) is 14.8. The van der Waals surface area contributed by atoms with Crippen LogP contribution in [0, 0.1) is 11.8 Å². The third kappa shape index (κ3) is 4.13. The summed E-state index contributed by atoms with van der Waals surface area (Å²) in [4.78, 5) is 48.7. The molecule has 2 saturated heterocycles. The van der Waals surface area contributed by atoms with E-state index in [2.05, 4.69) is 10.3 Å². The van der Waals surface area contributed by atoms with Crippen LogP contribution >= 0.6 is 0 Å². The van der Waals surface area contributed by atoms with Crippen LogP contribution in [0.5, 0.6) is 0 Å². The Labute approximate surface area is 255 Å². The normalized spacial score (nSPS) is 30.4. The number of aliphatic hydroxyl groups is 1. The van der Waals surface area contributed by atoms with Crippen molar-refractivity contribution >= 4 is 28.8 Å². The average Bonchev–Trinajstić information content (AvgIpc) is 3.56. The lowest BCUT2D eigenvalue weighted by molar-refractivity contribution is -0.156. The summed E-state index contributed by atoms with van der Waals surface area (Å²) in [6.07, 6.45) is 8.25. The largest absolute Gasteiger partial charge is 0.394 e. The van der Waals surface area contributed by atoms with Gasteiger partial charge in [0.1, 0.15) is 23.8 Å². The molecule has 228 valence electrons. The zero-order valence-electron chi connectivity index (χ0n) is 24.8. The van der Waals surface area contributed by atoms with Crippen LogP contribution in [-0.4, -0.2) is 96.0 Å². The number of likely N-dealkylation sites (tertiary alicyclic amines) is 1. The lowest BCUT2D eigenvalue weighted by Crippen LogP contribution is -2.57. The molecule has 4 aliphatic heterocycles. The van der Waals surface area contributed by atoms with Gasteiger partial charge in [0, 0.05) is 19.6 Å². The molecule has 11 nitrogen and oxygen atoms in total. The number of para-hydroxylation sites is 1. The summed E-state index contributed by atoms with van der Waals surface area (Å²) in [7, 11) is 0. The van der Waals surface area contributed by atoms with E-state index in [-0.39, 0.29) is 30.9 Å². The summed E-state index contributed by atoms with van der Waals surface area (Å²) in [5.41, 5.74) is -0.358. The number of hydrogen-bond acceptors (Lipinski definition) is 7. The second kappa shape index (κ2) is 10.7. The van der Waals surface area contributed by atoms with Crippen LogP contribution in [0.4, 0.5) is 0 Å². The molecule has 1 aromatic heterocycles. The molecule has 1 unspecified atom stereocenters. The van der Waals surface area contributed by atoms with Gasteiger partial charge in [0.2, 0.25) is 11.8 Å². The number of fused-ring (bicyclic) bond motifs is 3. The van der Waals surface area contributed by atoms with Crippen molar-refractivity contribution in [2.24, 2.45) is 11.8 Å². The predicted octanol–water partition coefficient (Wildman–Crippen LogP) is 2.30. The van der Waals surface area contributed by atoms with E-state index in [1.807, 2.05) is 92.7 Å². The molecular weight excluding hydrogens is 560 g/mol. The summed E-state index contributed by atoms with van der Waals surface area (Å²) in [5.74, 6) is -2.69. The molecule has 6 atom stereocenters. The van der Waals surface area contributed by atoms with Gasteiger partial charge in [-0.05, 0) is 31.0 Å². The predicted molar refractivity (Wildman–Crippen MR) is 160 cm³/mol. The number of aromatic nitrogens is 3. The molecule has 1 N–H and O–H groups in total. The van der Waals surface area contributed by atoms with Crippen molar-refractivity contribution in [2.75, 3.05) is 26.2 Å². The zero-order chi connectivity index (χ0) is 30.6. The van der Waals surface area contributed by atoms with Crippen molar-refractivity contribution in [3.05, 3.63) is 84.5 Å². The van der Waals surface area contributed by atoms with Crippen LogP contribution in [-0.2, 0) is 25.8 Å². The zero-order valence-corrected chi connectivity index (χ0v) is 24.8. The van der Waals surface area contributed by atoms with Crippen LogP contribution in [0.15, 0.2) is 78.9 Å². The first kappa shape index (κ1) is 28.4. The molecule has 0 bridgehead atoms. The molecule has 3 amide bonds. The molecule has 3 aromatic rings. The molecule has 5 heterocycles.